The van der Waals surface area contributed by atoms with Gasteiger partial charge < -0.3 is 15.4 Å². The summed E-state index contributed by atoms with van der Waals surface area (Å²) >= 11 is 0. The third kappa shape index (κ3) is 4.22. The number of ether oxygens (including phenoxy) is 1. The standard InChI is InChI=1S/C17H24N2O2.ClH/c18-17(9-10-17)16(20)19-11-6-15(7-12-19)21-13-8-14-4-2-1-3-5-14;/h1-5,15H,6-13,18H2;1H. The van der Waals surface area contributed by atoms with Gasteiger partial charge in [0.15, 0.2) is 0 Å². The largest absolute Gasteiger partial charge is 0.378 e. The van der Waals surface area contributed by atoms with Crippen LogP contribution in [0.5, 0.6) is 0 Å². The van der Waals surface area contributed by atoms with E-state index in [9.17, 15) is 4.79 Å². The highest BCUT2D eigenvalue weighted by Crippen LogP contribution is 2.34. The highest BCUT2D eigenvalue weighted by atomic mass is 35.5. The molecule has 1 heterocycles. The van der Waals surface area contributed by atoms with Gasteiger partial charge in [-0.05, 0) is 37.7 Å². The summed E-state index contributed by atoms with van der Waals surface area (Å²) < 4.78 is 5.95. The molecule has 1 aromatic rings. The topological polar surface area (TPSA) is 55.6 Å². The van der Waals surface area contributed by atoms with Crippen LogP contribution in [-0.2, 0) is 16.0 Å². The van der Waals surface area contributed by atoms with Crippen molar-refractivity contribution in [2.75, 3.05) is 19.7 Å². The van der Waals surface area contributed by atoms with E-state index in [1.165, 1.54) is 5.56 Å². The van der Waals surface area contributed by atoms with Gasteiger partial charge in [0, 0.05) is 13.1 Å². The molecule has 1 saturated heterocycles. The summed E-state index contributed by atoms with van der Waals surface area (Å²) in [5, 5.41) is 0. The van der Waals surface area contributed by atoms with Crippen LogP contribution in [0.25, 0.3) is 0 Å². The smallest absolute Gasteiger partial charge is 0.242 e. The van der Waals surface area contributed by atoms with Crippen molar-refractivity contribution >= 4 is 18.3 Å². The molecule has 4 nitrogen and oxygen atoms in total. The maximum Gasteiger partial charge on any atom is 0.242 e. The summed E-state index contributed by atoms with van der Waals surface area (Å²) in [6.07, 6.45) is 4.78. The number of nitrogens with two attached hydrogens (primary N) is 1. The van der Waals surface area contributed by atoms with Crippen LogP contribution >= 0.6 is 12.4 Å². The van der Waals surface area contributed by atoms with Crippen LogP contribution in [0.1, 0.15) is 31.2 Å². The van der Waals surface area contributed by atoms with E-state index in [2.05, 4.69) is 24.3 Å². The molecule has 1 aliphatic heterocycles. The van der Waals surface area contributed by atoms with Crippen molar-refractivity contribution < 1.29 is 9.53 Å². The van der Waals surface area contributed by atoms with Crippen LogP contribution in [0.4, 0.5) is 0 Å². The number of hydrogen-bond donors (Lipinski definition) is 1. The van der Waals surface area contributed by atoms with E-state index < -0.39 is 5.54 Å². The predicted octanol–water partition coefficient (Wildman–Crippen LogP) is 2.15. The van der Waals surface area contributed by atoms with Crippen molar-refractivity contribution in [3.63, 3.8) is 0 Å². The number of carbonyl (C=O) groups is 1. The average Bonchev–Trinajstić information content (AvgIpc) is 3.27. The van der Waals surface area contributed by atoms with Crippen molar-refractivity contribution in [2.24, 2.45) is 5.73 Å². The monoisotopic (exact) mass is 324 g/mol. The summed E-state index contributed by atoms with van der Waals surface area (Å²) in [5.74, 6) is 0.144. The van der Waals surface area contributed by atoms with Crippen molar-refractivity contribution in [3.8, 4) is 0 Å². The molecule has 0 radical (unpaired) electrons. The number of amides is 1. The Morgan fingerprint density at radius 2 is 1.86 bits per heavy atom. The molecule has 0 aromatic heterocycles. The molecule has 2 aliphatic rings. The second-order valence-corrected chi connectivity index (χ2v) is 6.25. The summed E-state index contributed by atoms with van der Waals surface area (Å²) in [6.45, 7) is 2.32. The van der Waals surface area contributed by atoms with Gasteiger partial charge in [-0.15, -0.1) is 12.4 Å². The van der Waals surface area contributed by atoms with Crippen LogP contribution in [0.15, 0.2) is 30.3 Å². The maximum absolute atomic E-state index is 12.1. The minimum absolute atomic E-state index is 0. The zero-order valence-corrected chi connectivity index (χ0v) is 13.7. The van der Waals surface area contributed by atoms with Crippen LogP contribution in [0.3, 0.4) is 0 Å². The molecule has 1 amide bonds. The lowest BCUT2D eigenvalue weighted by Gasteiger charge is -2.33. The van der Waals surface area contributed by atoms with Gasteiger partial charge in [0.1, 0.15) is 0 Å². The third-order valence-corrected chi connectivity index (χ3v) is 4.53. The first-order valence-electron chi connectivity index (χ1n) is 7.91. The van der Waals surface area contributed by atoms with Gasteiger partial charge in [-0.25, -0.2) is 0 Å². The molecule has 1 aliphatic carbocycles. The van der Waals surface area contributed by atoms with Crippen LogP contribution in [0.2, 0.25) is 0 Å². The van der Waals surface area contributed by atoms with E-state index in [1.54, 1.807) is 0 Å². The Morgan fingerprint density at radius 3 is 2.45 bits per heavy atom. The average molecular weight is 325 g/mol. The van der Waals surface area contributed by atoms with Crippen molar-refractivity contribution in [1.82, 2.24) is 4.90 Å². The minimum atomic E-state index is -0.527. The molecule has 1 aromatic carbocycles. The number of benzene rings is 1. The number of likely N-dealkylation sites (tertiary alicyclic amines) is 1. The van der Waals surface area contributed by atoms with E-state index in [4.69, 9.17) is 10.5 Å². The molecule has 5 heteroatoms. The lowest BCUT2D eigenvalue weighted by atomic mass is 10.1. The maximum atomic E-state index is 12.1. The molecule has 3 rings (SSSR count). The highest BCUT2D eigenvalue weighted by molar-refractivity contribution is 5.89. The first kappa shape index (κ1) is 17.3. The Kier molecular flexibility index (Phi) is 5.84. The second kappa shape index (κ2) is 7.44. The zero-order valence-electron chi connectivity index (χ0n) is 12.9. The Balaban J connectivity index is 0.00000176. The number of rotatable bonds is 5. The molecule has 22 heavy (non-hydrogen) atoms. The quantitative estimate of drug-likeness (QED) is 0.903. The molecule has 2 fully saturated rings. The van der Waals surface area contributed by atoms with Crippen LogP contribution < -0.4 is 5.73 Å². The lowest BCUT2D eigenvalue weighted by Crippen LogP contribution is -2.49. The minimum Gasteiger partial charge on any atom is -0.378 e. The molecule has 0 atom stereocenters. The van der Waals surface area contributed by atoms with Gasteiger partial charge in [0.25, 0.3) is 0 Å². The number of piperidine rings is 1. The van der Waals surface area contributed by atoms with Gasteiger partial charge in [-0.1, -0.05) is 30.3 Å². The second-order valence-electron chi connectivity index (χ2n) is 6.25. The number of nitrogens with zero attached hydrogens (tertiary/aromatic N) is 1. The first-order chi connectivity index (χ1) is 10.2. The Bertz CT molecular complexity index is 483. The molecule has 122 valence electrons. The molecule has 1 saturated carbocycles. The van der Waals surface area contributed by atoms with E-state index in [-0.39, 0.29) is 24.4 Å². The number of carbonyl (C=O) groups excluding carboxylic acids is 1. The van der Waals surface area contributed by atoms with Crippen molar-refractivity contribution in [1.29, 1.82) is 0 Å². The summed E-state index contributed by atoms with van der Waals surface area (Å²) in [6, 6.07) is 10.4. The van der Waals surface area contributed by atoms with E-state index >= 15 is 0 Å². The van der Waals surface area contributed by atoms with Gasteiger partial charge >= 0.3 is 0 Å². The normalized spacial score (nSPS) is 20.3. The summed E-state index contributed by atoms with van der Waals surface area (Å²) in [4.78, 5) is 14.1. The SMILES string of the molecule is Cl.NC1(C(=O)N2CCC(OCCc3ccccc3)CC2)CC1. The third-order valence-electron chi connectivity index (χ3n) is 4.53. The van der Waals surface area contributed by atoms with E-state index in [1.807, 2.05) is 11.0 Å². The predicted molar refractivity (Wildman–Crippen MR) is 89.1 cm³/mol. The summed E-state index contributed by atoms with van der Waals surface area (Å²) in [7, 11) is 0. The van der Waals surface area contributed by atoms with Crippen LogP contribution in [0, 0.1) is 0 Å². The fourth-order valence-corrected chi connectivity index (χ4v) is 2.88. The molecule has 0 bridgehead atoms. The molecule has 2 N–H and O–H groups in total. The van der Waals surface area contributed by atoms with Gasteiger partial charge in [0.05, 0.1) is 18.2 Å². The number of hydrogen-bond acceptors (Lipinski definition) is 3. The van der Waals surface area contributed by atoms with Crippen LogP contribution in [-0.4, -0.2) is 42.1 Å². The number of halogens is 1. The van der Waals surface area contributed by atoms with Crippen molar-refractivity contribution in [3.05, 3.63) is 35.9 Å². The first-order valence-corrected chi connectivity index (χ1v) is 7.91. The zero-order chi connectivity index (χ0) is 14.7. The Morgan fingerprint density at radius 1 is 1.23 bits per heavy atom. The highest BCUT2D eigenvalue weighted by Gasteiger charge is 2.48. The lowest BCUT2D eigenvalue weighted by molar-refractivity contribution is -0.136. The molecular formula is C17H25ClN2O2. The fourth-order valence-electron chi connectivity index (χ4n) is 2.88. The molecule has 0 unspecified atom stereocenters. The van der Waals surface area contributed by atoms with Gasteiger partial charge in [-0.2, -0.15) is 0 Å². The van der Waals surface area contributed by atoms with E-state index in [0.717, 1.165) is 51.8 Å². The summed E-state index contributed by atoms with van der Waals surface area (Å²) in [5.41, 5.74) is 6.76. The molecule has 0 spiro atoms. The van der Waals surface area contributed by atoms with E-state index in [0.29, 0.717) is 0 Å². The Hall–Kier alpha value is -1.10. The van der Waals surface area contributed by atoms with Gasteiger partial charge in [0.2, 0.25) is 5.91 Å². The van der Waals surface area contributed by atoms with Crippen molar-refractivity contribution in [2.45, 2.75) is 43.7 Å². The Labute approximate surface area is 138 Å². The van der Waals surface area contributed by atoms with Gasteiger partial charge in [-0.3, -0.25) is 4.79 Å². The molecular weight excluding hydrogens is 300 g/mol. The fraction of sp³-hybridized carbons (Fsp3) is 0.588.